The molecule has 0 radical (unpaired) electrons. The van der Waals surface area contributed by atoms with Crippen LogP contribution in [0, 0.1) is 5.92 Å². The number of methoxy groups -OCH3 is 2. The van der Waals surface area contributed by atoms with Crippen LogP contribution in [0.5, 0.6) is 11.5 Å². The van der Waals surface area contributed by atoms with E-state index in [1.807, 2.05) is 36.4 Å². The molecule has 0 aliphatic carbocycles. The van der Waals surface area contributed by atoms with Crippen LogP contribution < -0.4 is 9.47 Å². The van der Waals surface area contributed by atoms with E-state index in [-0.39, 0.29) is 24.9 Å². The highest BCUT2D eigenvalue weighted by atomic mass is 35.5. The normalized spacial score (nSPS) is 16.0. The van der Waals surface area contributed by atoms with Crippen molar-refractivity contribution in [2.45, 2.75) is 19.4 Å². The van der Waals surface area contributed by atoms with Gasteiger partial charge in [0, 0.05) is 30.1 Å². The van der Waals surface area contributed by atoms with Gasteiger partial charge in [-0.3, -0.25) is 9.59 Å². The summed E-state index contributed by atoms with van der Waals surface area (Å²) in [7, 11) is 3.18. The van der Waals surface area contributed by atoms with E-state index in [9.17, 15) is 9.59 Å². The number of carbonyl (C=O) groups excluding carboxylic acids is 2. The van der Waals surface area contributed by atoms with Crippen molar-refractivity contribution in [2.24, 2.45) is 5.92 Å². The van der Waals surface area contributed by atoms with E-state index < -0.39 is 5.92 Å². The van der Waals surface area contributed by atoms with Gasteiger partial charge in [-0.15, -0.1) is 0 Å². The van der Waals surface area contributed by atoms with Crippen LogP contribution in [0.2, 0.25) is 5.02 Å². The molecule has 1 atom stereocenters. The lowest BCUT2D eigenvalue weighted by Gasteiger charge is -2.17. The van der Waals surface area contributed by atoms with Crippen molar-refractivity contribution in [1.29, 1.82) is 0 Å². The Bertz CT molecular complexity index is 885. The van der Waals surface area contributed by atoms with Crippen LogP contribution >= 0.6 is 11.6 Å². The molecule has 0 spiro atoms. The monoisotopic (exact) mass is 417 g/mol. The first kappa shape index (κ1) is 21.0. The number of hydrogen-bond donors (Lipinski definition) is 0. The minimum atomic E-state index is -0.449. The zero-order chi connectivity index (χ0) is 20.8. The predicted molar refractivity (Wildman–Crippen MR) is 109 cm³/mol. The summed E-state index contributed by atoms with van der Waals surface area (Å²) in [4.78, 5) is 26.4. The van der Waals surface area contributed by atoms with Crippen LogP contribution in [0.3, 0.4) is 0 Å². The fourth-order valence-electron chi connectivity index (χ4n) is 3.33. The lowest BCUT2D eigenvalue weighted by atomic mass is 10.1. The number of rotatable bonds is 8. The quantitative estimate of drug-likeness (QED) is 0.615. The summed E-state index contributed by atoms with van der Waals surface area (Å²) in [5.74, 6) is 0.459. The van der Waals surface area contributed by atoms with E-state index in [1.165, 1.54) is 0 Å². The van der Waals surface area contributed by atoms with Crippen LogP contribution in [0.1, 0.15) is 17.5 Å². The number of likely N-dealkylation sites (tertiary alicyclic amines) is 1. The first-order valence-electron chi connectivity index (χ1n) is 9.40. The summed E-state index contributed by atoms with van der Waals surface area (Å²) in [5.41, 5.74) is 1.78. The minimum Gasteiger partial charge on any atom is -0.493 e. The number of benzene rings is 2. The third kappa shape index (κ3) is 5.21. The molecule has 1 fully saturated rings. The van der Waals surface area contributed by atoms with E-state index in [2.05, 4.69) is 0 Å². The molecule has 3 rings (SSSR count). The van der Waals surface area contributed by atoms with Crippen LogP contribution in [0.4, 0.5) is 0 Å². The van der Waals surface area contributed by atoms with Gasteiger partial charge in [0.05, 0.1) is 20.1 Å². The molecule has 1 heterocycles. The highest BCUT2D eigenvalue weighted by molar-refractivity contribution is 6.31. The molecule has 154 valence electrons. The van der Waals surface area contributed by atoms with Gasteiger partial charge in [0.15, 0.2) is 11.5 Å². The summed E-state index contributed by atoms with van der Waals surface area (Å²) < 4.78 is 15.9. The van der Waals surface area contributed by atoms with E-state index >= 15 is 0 Å². The van der Waals surface area contributed by atoms with E-state index in [1.54, 1.807) is 25.2 Å². The van der Waals surface area contributed by atoms with E-state index in [4.69, 9.17) is 25.8 Å². The third-order valence-electron chi connectivity index (χ3n) is 4.99. The SMILES string of the molecule is COc1ccc(CCN2C[C@H](C(=O)OCc3ccccc3Cl)CC2=O)cc1OC. The van der Waals surface area contributed by atoms with Crippen molar-refractivity contribution in [2.75, 3.05) is 27.3 Å². The number of amides is 1. The lowest BCUT2D eigenvalue weighted by Crippen LogP contribution is -2.28. The molecule has 0 saturated carbocycles. The second kappa shape index (κ2) is 9.65. The Labute approximate surface area is 175 Å². The molecule has 7 heteroatoms. The molecule has 1 aliphatic rings. The van der Waals surface area contributed by atoms with E-state index in [0.717, 1.165) is 11.1 Å². The second-order valence-corrected chi connectivity index (χ2v) is 7.29. The zero-order valence-corrected chi connectivity index (χ0v) is 17.3. The predicted octanol–water partition coefficient (Wildman–Crippen LogP) is 3.49. The first-order chi connectivity index (χ1) is 14.0. The maximum atomic E-state index is 12.4. The largest absolute Gasteiger partial charge is 0.493 e. The summed E-state index contributed by atoms with van der Waals surface area (Å²) in [6.07, 6.45) is 0.834. The highest BCUT2D eigenvalue weighted by Gasteiger charge is 2.35. The van der Waals surface area contributed by atoms with Crippen LogP contribution in [-0.2, 0) is 27.4 Å². The van der Waals surface area contributed by atoms with Crippen molar-refractivity contribution < 1.29 is 23.8 Å². The fourth-order valence-corrected chi connectivity index (χ4v) is 3.52. The Morgan fingerprint density at radius 2 is 1.90 bits per heavy atom. The van der Waals surface area contributed by atoms with Gasteiger partial charge in [-0.2, -0.15) is 0 Å². The molecule has 29 heavy (non-hydrogen) atoms. The van der Waals surface area contributed by atoms with Gasteiger partial charge in [-0.25, -0.2) is 0 Å². The average molecular weight is 418 g/mol. The van der Waals surface area contributed by atoms with Crippen molar-refractivity contribution >= 4 is 23.5 Å². The molecular weight excluding hydrogens is 394 g/mol. The van der Waals surface area contributed by atoms with Crippen LogP contribution in [-0.4, -0.2) is 44.1 Å². The van der Waals surface area contributed by atoms with Gasteiger partial charge < -0.3 is 19.1 Å². The average Bonchev–Trinajstić information content (AvgIpc) is 3.11. The molecule has 2 aromatic carbocycles. The number of esters is 1. The molecule has 0 bridgehead atoms. The molecule has 1 amide bonds. The fraction of sp³-hybridized carbons (Fsp3) is 0.364. The van der Waals surface area contributed by atoms with Crippen LogP contribution in [0.25, 0.3) is 0 Å². The van der Waals surface area contributed by atoms with Crippen molar-refractivity contribution in [1.82, 2.24) is 4.90 Å². The van der Waals surface area contributed by atoms with Gasteiger partial charge in [0.25, 0.3) is 0 Å². The minimum absolute atomic E-state index is 0.0369. The Morgan fingerprint density at radius 1 is 1.14 bits per heavy atom. The first-order valence-corrected chi connectivity index (χ1v) is 9.78. The Kier molecular flexibility index (Phi) is 6.99. The number of nitrogens with zero attached hydrogens (tertiary/aromatic N) is 1. The molecule has 6 nitrogen and oxygen atoms in total. The maximum absolute atomic E-state index is 12.4. The van der Waals surface area contributed by atoms with Gasteiger partial charge in [-0.1, -0.05) is 35.9 Å². The number of ether oxygens (including phenoxy) is 3. The van der Waals surface area contributed by atoms with Crippen LogP contribution in [0.15, 0.2) is 42.5 Å². The third-order valence-corrected chi connectivity index (χ3v) is 5.36. The van der Waals surface area contributed by atoms with Gasteiger partial charge in [0.2, 0.25) is 5.91 Å². The summed E-state index contributed by atoms with van der Waals surface area (Å²) in [6.45, 7) is 1.00. The molecule has 1 aliphatic heterocycles. The van der Waals surface area contributed by atoms with Crippen molar-refractivity contribution in [3.8, 4) is 11.5 Å². The lowest BCUT2D eigenvalue weighted by molar-refractivity contribution is -0.149. The zero-order valence-electron chi connectivity index (χ0n) is 16.5. The summed E-state index contributed by atoms with van der Waals surface area (Å²) in [6, 6.07) is 12.9. The number of halogens is 1. The Balaban J connectivity index is 1.52. The second-order valence-electron chi connectivity index (χ2n) is 6.88. The number of hydrogen-bond acceptors (Lipinski definition) is 5. The van der Waals surface area contributed by atoms with E-state index in [0.29, 0.717) is 36.0 Å². The summed E-state index contributed by atoms with van der Waals surface area (Å²) >= 11 is 6.08. The topological polar surface area (TPSA) is 65.1 Å². The molecular formula is C22H24ClNO5. The highest BCUT2D eigenvalue weighted by Crippen LogP contribution is 2.28. The molecule has 1 saturated heterocycles. The molecule has 2 aromatic rings. The van der Waals surface area contributed by atoms with Crippen molar-refractivity contribution in [3.05, 3.63) is 58.6 Å². The Morgan fingerprint density at radius 3 is 2.62 bits per heavy atom. The smallest absolute Gasteiger partial charge is 0.311 e. The molecule has 0 aromatic heterocycles. The standard InChI is InChI=1S/C22H24ClNO5/c1-27-19-8-7-15(11-20(19)28-2)9-10-24-13-17(12-21(24)25)22(26)29-14-16-5-3-4-6-18(16)23/h3-8,11,17H,9-10,12-14H2,1-2H3/t17-/m1/s1. The Hall–Kier alpha value is -2.73. The van der Waals surface area contributed by atoms with Gasteiger partial charge in [-0.05, 0) is 30.2 Å². The summed E-state index contributed by atoms with van der Waals surface area (Å²) in [5, 5.41) is 0.555. The maximum Gasteiger partial charge on any atom is 0.311 e. The molecule has 0 N–H and O–H groups in total. The number of carbonyl (C=O) groups is 2. The van der Waals surface area contributed by atoms with Gasteiger partial charge in [0.1, 0.15) is 6.61 Å². The molecule has 0 unspecified atom stereocenters. The van der Waals surface area contributed by atoms with Gasteiger partial charge >= 0.3 is 5.97 Å². The van der Waals surface area contributed by atoms with Crippen molar-refractivity contribution in [3.63, 3.8) is 0 Å².